The van der Waals surface area contributed by atoms with E-state index in [4.69, 9.17) is 0 Å². The van der Waals surface area contributed by atoms with Gasteiger partial charge in [-0.1, -0.05) is 12.1 Å². The Labute approximate surface area is 153 Å². The Bertz CT molecular complexity index is 903. The van der Waals surface area contributed by atoms with Crippen molar-refractivity contribution in [2.75, 3.05) is 19.6 Å². The monoisotopic (exact) mass is 381 g/mol. The van der Waals surface area contributed by atoms with E-state index < -0.39 is 16.1 Å². The van der Waals surface area contributed by atoms with Gasteiger partial charge in [-0.05, 0) is 18.6 Å². The van der Waals surface area contributed by atoms with Gasteiger partial charge in [-0.3, -0.25) is 0 Å². The molecular weight excluding hydrogens is 362 g/mol. The maximum Gasteiger partial charge on any atom is 0.245 e. The summed E-state index contributed by atoms with van der Waals surface area (Å²) in [7, 11) is -1.96. The van der Waals surface area contributed by atoms with Crippen LogP contribution in [0, 0.1) is 18.3 Å². The van der Waals surface area contributed by atoms with Gasteiger partial charge < -0.3 is 9.88 Å². The third-order valence-electron chi connectivity index (χ3n) is 4.28. The standard InChI is InChI=1S/C16H19N5O2S.ClH/c1-12-4-3-5-15(13(12)10-17)24(22,23)21-9-6-18-11-14(21)16-19-7-8-20(16)2;/h3-5,7-8,14,18H,6,9,11H2,1-2H3;1H. The molecule has 0 saturated carbocycles. The van der Waals surface area contributed by atoms with Crippen LogP contribution >= 0.6 is 12.4 Å². The molecule has 1 aliphatic heterocycles. The highest BCUT2D eigenvalue weighted by atomic mass is 35.5. The number of rotatable bonds is 3. The van der Waals surface area contributed by atoms with Crippen molar-refractivity contribution in [1.29, 1.82) is 5.26 Å². The number of piperazine rings is 1. The second kappa shape index (κ2) is 7.54. The van der Waals surface area contributed by atoms with E-state index in [1.54, 1.807) is 31.5 Å². The number of nitrogens with zero attached hydrogens (tertiary/aromatic N) is 4. The lowest BCUT2D eigenvalue weighted by Crippen LogP contribution is -2.49. The van der Waals surface area contributed by atoms with Crippen LogP contribution < -0.4 is 5.32 Å². The summed E-state index contributed by atoms with van der Waals surface area (Å²) in [6.07, 6.45) is 3.45. The van der Waals surface area contributed by atoms with Crippen LogP contribution in [-0.4, -0.2) is 41.9 Å². The molecule has 1 unspecified atom stereocenters. The minimum atomic E-state index is -3.80. The van der Waals surface area contributed by atoms with Crippen LogP contribution in [0.1, 0.15) is 23.0 Å². The molecule has 3 rings (SSSR count). The van der Waals surface area contributed by atoms with E-state index in [-0.39, 0.29) is 22.9 Å². The highest BCUT2D eigenvalue weighted by Crippen LogP contribution is 2.30. The van der Waals surface area contributed by atoms with Crippen molar-refractivity contribution in [3.8, 4) is 6.07 Å². The van der Waals surface area contributed by atoms with Gasteiger partial charge in [-0.15, -0.1) is 12.4 Å². The number of aryl methyl sites for hydroxylation is 2. The topological polar surface area (TPSA) is 91.0 Å². The van der Waals surface area contributed by atoms with Gasteiger partial charge in [-0.25, -0.2) is 13.4 Å². The summed E-state index contributed by atoms with van der Waals surface area (Å²) in [5, 5.41) is 12.6. The Morgan fingerprint density at radius 3 is 2.80 bits per heavy atom. The first-order chi connectivity index (χ1) is 11.5. The summed E-state index contributed by atoms with van der Waals surface area (Å²) in [6, 6.07) is 6.53. The molecule has 0 radical (unpaired) electrons. The largest absolute Gasteiger partial charge is 0.337 e. The quantitative estimate of drug-likeness (QED) is 0.866. The number of benzene rings is 1. The summed E-state index contributed by atoms with van der Waals surface area (Å²) in [5.41, 5.74) is 0.858. The highest BCUT2D eigenvalue weighted by Gasteiger charge is 2.37. The first-order valence-electron chi connectivity index (χ1n) is 7.66. The normalized spacial score (nSPS) is 18.4. The molecule has 134 valence electrons. The molecule has 25 heavy (non-hydrogen) atoms. The Balaban J connectivity index is 0.00000225. The summed E-state index contributed by atoms with van der Waals surface area (Å²) < 4.78 is 29.8. The molecule has 2 heterocycles. The Hall–Kier alpha value is -1.92. The molecule has 1 aliphatic rings. The zero-order chi connectivity index (χ0) is 17.3. The fourth-order valence-electron chi connectivity index (χ4n) is 3.02. The average Bonchev–Trinajstić information content (AvgIpc) is 3.00. The molecule has 0 bridgehead atoms. The Morgan fingerprint density at radius 1 is 1.40 bits per heavy atom. The Kier molecular flexibility index (Phi) is 5.85. The molecule has 0 spiro atoms. The number of halogens is 1. The van der Waals surface area contributed by atoms with Crippen molar-refractivity contribution in [3.05, 3.63) is 47.5 Å². The SMILES string of the molecule is Cc1cccc(S(=O)(=O)N2CCNCC2c2nccn2C)c1C#N.Cl. The number of aromatic nitrogens is 2. The first-order valence-corrected chi connectivity index (χ1v) is 9.10. The summed E-state index contributed by atoms with van der Waals surface area (Å²) in [5.74, 6) is 0.678. The lowest BCUT2D eigenvalue weighted by atomic mass is 10.1. The number of sulfonamides is 1. The predicted octanol–water partition coefficient (Wildman–Crippen LogP) is 1.36. The average molecular weight is 382 g/mol. The van der Waals surface area contributed by atoms with E-state index in [1.165, 1.54) is 10.4 Å². The molecular formula is C16H20ClN5O2S. The summed E-state index contributed by atoms with van der Waals surface area (Å²) in [6.45, 7) is 3.12. The molecule has 1 N–H and O–H groups in total. The van der Waals surface area contributed by atoms with E-state index in [0.29, 0.717) is 31.0 Å². The van der Waals surface area contributed by atoms with Gasteiger partial charge in [0.2, 0.25) is 10.0 Å². The molecule has 1 atom stereocenters. The smallest absolute Gasteiger partial charge is 0.245 e. The van der Waals surface area contributed by atoms with Gasteiger partial charge >= 0.3 is 0 Å². The molecule has 1 aromatic carbocycles. The second-order valence-electron chi connectivity index (χ2n) is 5.79. The maximum atomic E-state index is 13.2. The number of imidazole rings is 1. The van der Waals surface area contributed by atoms with Crippen molar-refractivity contribution in [3.63, 3.8) is 0 Å². The van der Waals surface area contributed by atoms with Crippen molar-refractivity contribution in [1.82, 2.24) is 19.2 Å². The molecule has 1 fully saturated rings. The van der Waals surface area contributed by atoms with Crippen LogP contribution in [0.2, 0.25) is 0 Å². The van der Waals surface area contributed by atoms with E-state index >= 15 is 0 Å². The van der Waals surface area contributed by atoms with E-state index in [1.807, 2.05) is 17.7 Å². The predicted molar refractivity (Wildman–Crippen MR) is 95.9 cm³/mol. The number of hydrogen-bond acceptors (Lipinski definition) is 5. The van der Waals surface area contributed by atoms with Gasteiger partial charge in [0.05, 0.1) is 11.6 Å². The second-order valence-corrected chi connectivity index (χ2v) is 7.65. The van der Waals surface area contributed by atoms with E-state index in [9.17, 15) is 13.7 Å². The van der Waals surface area contributed by atoms with Gasteiger partial charge in [0.15, 0.2) is 0 Å². The fourth-order valence-corrected chi connectivity index (χ4v) is 4.82. The Morgan fingerprint density at radius 2 is 2.16 bits per heavy atom. The molecule has 2 aromatic rings. The highest BCUT2D eigenvalue weighted by molar-refractivity contribution is 7.89. The van der Waals surface area contributed by atoms with Crippen LogP contribution in [0.15, 0.2) is 35.5 Å². The van der Waals surface area contributed by atoms with E-state index in [2.05, 4.69) is 10.3 Å². The van der Waals surface area contributed by atoms with Crippen LogP contribution in [0.4, 0.5) is 0 Å². The van der Waals surface area contributed by atoms with Gasteiger partial charge in [0.25, 0.3) is 0 Å². The lowest BCUT2D eigenvalue weighted by molar-refractivity contribution is 0.258. The van der Waals surface area contributed by atoms with Crippen molar-refractivity contribution in [2.24, 2.45) is 7.05 Å². The van der Waals surface area contributed by atoms with Gasteiger partial charge in [-0.2, -0.15) is 9.57 Å². The van der Waals surface area contributed by atoms with Crippen LogP contribution in [-0.2, 0) is 17.1 Å². The van der Waals surface area contributed by atoms with Crippen LogP contribution in [0.25, 0.3) is 0 Å². The van der Waals surface area contributed by atoms with Crippen molar-refractivity contribution < 1.29 is 8.42 Å². The van der Waals surface area contributed by atoms with Crippen molar-refractivity contribution in [2.45, 2.75) is 17.9 Å². The first kappa shape index (κ1) is 19.4. The minimum absolute atomic E-state index is 0. The van der Waals surface area contributed by atoms with Gasteiger partial charge in [0.1, 0.15) is 16.8 Å². The lowest BCUT2D eigenvalue weighted by Gasteiger charge is -2.34. The molecule has 0 amide bonds. The van der Waals surface area contributed by atoms with E-state index in [0.717, 1.165) is 0 Å². The molecule has 7 nitrogen and oxygen atoms in total. The number of hydrogen-bond donors (Lipinski definition) is 1. The minimum Gasteiger partial charge on any atom is -0.337 e. The zero-order valence-electron chi connectivity index (χ0n) is 14.0. The third-order valence-corrected chi connectivity index (χ3v) is 6.23. The number of nitrogens with one attached hydrogen (secondary N) is 1. The van der Waals surface area contributed by atoms with Crippen LogP contribution in [0.3, 0.4) is 0 Å². The zero-order valence-corrected chi connectivity index (χ0v) is 15.6. The van der Waals surface area contributed by atoms with Crippen LogP contribution in [0.5, 0.6) is 0 Å². The molecule has 1 aromatic heterocycles. The maximum absolute atomic E-state index is 13.2. The van der Waals surface area contributed by atoms with Gasteiger partial charge in [0, 0.05) is 39.1 Å². The summed E-state index contributed by atoms with van der Waals surface area (Å²) >= 11 is 0. The number of nitriles is 1. The summed E-state index contributed by atoms with van der Waals surface area (Å²) in [4.78, 5) is 4.37. The third kappa shape index (κ3) is 3.41. The molecule has 1 saturated heterocycles. The fraction of sp³-hybridized carbons (Fsp3) is 0.375. The molecule has 0 aliphatic carbocycles. The van der Waals surface area contributed by atoms with Crippen molar-refractivity contribution >= 4 is 22.4 Å². The molecule has 9 heteroatoms.